The average Bonchev–Trinajstić information content (AvgIpc) is 2.75. The van der Waals surface area contributed by atoms with Crippen molar-refractivity contribution in [3.8, 4) is 6.07 Å². The second kappa shape index (κ2) is 10.3. The molecule has 0 unspecified atom stereocenters. The van der Waals surface area contributed by atoms with Gasteiger partial charge in [-0.2, -0.15) is 5.26 Å². The molecule has 0 aliphatic heterocycles. The van der Waals surface area contributed by atoms with Crippen LogP contribution in [-0.2, 0) is 4.79 Å². The number of carbonyl (C=O) groups excluding carboxylic acids is 1. The van der Waals surface area contributed by atoms with Gasteiger partial charge in [0.25, 0.3) is 0 Å². The summed E-state index contributed by atoms with van der Waals surface area (Å²) in [5, 5.41) is 11.8. The summed E-state index contributed by atoms with van der Waals surface area (Å²) >= 11 is 1.59. The van der Waals surface area contributed by atoms with Crippen molar-refractivity contribution in [1.82, 2.24) is 0 Å². The highest BCUT2D eigenvalue weighted by Crippen LogP contribution is 2.30. The number of hydrogen-bond acceptors (Lipinski definition) is 3. The van der Waals surface area contributed by atoms with Crippen molar-refractivity contribution in [1.29, 1.82) is 5.26 Å². The van der Waals surface area contributed by atoms with Gasteiger partial charge in [0.1, 0.15) is 0 Å². The van der Waals surface area contributed by atoms with E-state index in [2.05, 4.69) is 35.7 Å². The SMILES string of the molecule is N#CCCSc1ccccc1NC(=O)CC(c1ccccc1)c1ccccc1. The maximum absolute atomic E-state index is 12.9. The van der Waals surface area contributed by atoms with Crippen LogP contribution in [0.4, 0.5) is 5.69 Å². The van der Waals surface area contributed by atoms with E-state index in [9.17, 15) is 4.79 Å². The van der Waals surface area contributed by atoms with Gasteiger partial charge in [-0.3, -0.25) is 4.79 Å². The maximum Gasteiger partial charge on any atom is 0.225 e. The van der Waals surface area contributed by atoms with Gasteiger partial charge >= 0.3 is 0 Å². The van der Waals surface area contributed by atoms with Crippen LogP contribution in [0.5, 0.6) is 0 Å². The van der Waals surface area contributed by atoms with Gasteiger partial charge in [-0.1, -0.05) is 72.8 Å². The molecule has 3 rings (SSSR count). The molecule has 3 aromatic carbocycles. The van der Waals surface area contributed by atoms with Crippen molar-refractivity contribution in [3.05, 3.63) is 96.1 Å². The molecule has 0 spiro atoms. The number of hydrogen-bond donors (Lipinski definition) is 1. The minimum atomic E-state index is -0.0222. The minimum Gasteiger partial charge on any atom is -0.325 e. The minimum absolute atomic E-state index is 0.000745. The summed E-state index contributed by atoms with van der Waals surface area (Å²) in [5.74, 6) is 0.687. The molecule has 0 aliphatic rings. The van der Waals surface area contributed by atoms with Gasteiger partial charge in [0.15, 0.2) is 0 Å². The highest BCUT2D eigenvalue weighted by Gasteiger charge is 2.18. The molecule has 0 fully saturated rings. The molecule has 0 radical (unpaired) electrons. The molecule has 3 aromatic rings. The van der Waals surface area contributed by atoms with E-state index in [1.807, 2.05) is 60.7 Å². The van der Waals surface area contributed by atoms with Gasteiger partial charge in [-0.05, 0) is 23.3 Å². The number of rotatable bonds is 8. The van der Waals surface area contributed by atoms with Crippen LogP contribution in [0.2, 0.25) is 0 Å². The Morgan fingerprint density at radius 2 is 1.46 bits per heavy atom. The summed E-state index contributed by atoms with van der Waals surface area (Å²) in [6, 6.07) is 30.2. The van der Waals surface area contributed by atoms with Crippen LogP contribution in [0.1, 0.15) is 29.9 Å². The van der Waals surface area contributed by atoms with Gasteiger partial charge in [0, 0.05) is 29.4 Å². The summed E-state index contributed by atoms with van der Waals surface area (Å²) in [6.45, 7) is 0. The fourth-order valence-corrected chi connectivity index (χ4v) is 3.95. The van der Waals surface area contributed by atoms with Gasteiger partial charge in [-0.25, -0.2) is 0 Å². The summed E-state index contributed by atoms with van der Waals surface area (Å²) in [5.41, 5.74) is 3.05. The predicted octanol–water partition coefficient (Wildman–Crippen LogP) is 5.85. The number of anilines is 1. The van der Waals surface area contributed by atoms with Crippen LogP contribution in [0.25, 0.3) is 0 Å². The van der Waals surface area contributed by atoms with E-state index < -0.39 is 0 Å². The topological polar surface area (TPSA) is 52.9 Å². The largest absolute Gasteiger partial charge is 0.325 e. The molecule has 0 bridgehead atoms. The van der Waals surface area contributed by atoms with Crippen molar-refractivity contribution in [2.75, 3.05) is 11.1 Å². The van der Waals surface area contributed by atoms with Gasteiger partial charge in [-0.15, -0.1) is 11.8 Å². The monoisotopic (exact) mass is 386 g/mol. The molecule has 0 atom stereocenters. The van der Waals surface area contributed by atoms with E-state index in [0.717, 1.165) is 21.7 Å². The molecule has 0 saturated heterocycles. The molecule has 0 aliphatic carbocycles. The zero-order valence-corrected chi connectivity index (χ0v) is 16.4. The second-order valence-corrected chi connectivity index (χ2v) is 7.52. The van der Waals surface area contributed by atoms with Crippen molar-refractivity contribution in [2.24, 2.45) is 0 Å². The molecular weight excluding hydrogens is 364 g/mol. The Kier molecular flexibility index (Phi) is 7.29. The normalized spacial score (nSPS) is 10.4. The van der Waals surface area contributed by atoms with Crippen LogP contribution in [0.15, 0.2) is 89.8 Å². The van der Waals surface area contributed by atoms with Crippen molar-refractivity contribution < 1.29 is 4.79 Å². The van der Waals surface area contributed by atoms with Crippen molar-refractivity contribution >= 4 is 23.4 Å². The lowest BCUT2D eigenvalue weighted by atomic mass is 9.88. The van der Waals surface area contributed by atoms with Crippen molar-refractivity contribution in [3.63, 3.8) is 0 Å². The Morgan fingerprint density at radius 1 is 0.893 bits per heavy atom. The summed E-state index contributed by atoms with van der Waals surface area (Å²) in [7, 11) is 0. The van der Waals surface area contributed by atoms with Gasteiger partial charge in [0.05, 0.1) is 11.8 Å². The Balaban J connectivity index is 1.76. The molecule has 28 heavy (non-hydrogen) atoms. The molecule has 0 saturated carbocycles. The Hall–Kier alpha value is -3.03. The third-order valence-corrected chi connectivity index (χ3v) is 5.50. The zero-order chi connectivity index (χ0) is 19.6. The smallest absolute Gasteiger partial charge is 0.225 e. The average molecular weight is 387 g/mol. The number of nitriles is 1. The molecule has 0 heterocycles. The standard InChI is InChI=1S/C24H22N2OS/c25-16-9-17-28-23-15-8-7-14-22(23)26-24(27)18-21(19-10-3-1-4-11-19)20-12-5-2-6-13-20/h1-8,10-15,21H,9,17-18H2,(H,26,27). The van der Waals surface area contributed by atoms with E-state index in [1.54, 1.807) is 11.8 Å². The van der Waals surface area contributed by atoms with Crippen LogP contribution in [0.3, 0.4) is 0 Å². The number of para-hydroxylation sites is 1. The second-order valence-electron chi connectivity index (χ2n) is 6.38. The molecule has 3 nitrogen and oxygen atoms in total. The molecular formula is C24H22N2OS. The lowest BCUT2D eigenvalue weighted by Crippen LogP contribution is -2.17. The third-order valence-electron chi connectivity index (χ3n) is 4.43. The number of amides is 1. The number of carbonyl (C=O) groups is 1. The number of thioether (sulfide) groups is 1. The van der Waals surface area contributed by atoms with Crippen LogP contribution in [0, 0.1) is 11.3 Å². The van der Waals surface area contributed by atoms with Gasteiger partial charge < -0.3 is 5.32 Å². The summed E-state index contributed by atoms with van der Waals surface area (Å²) < 4.78 is 0. The van der Waals surface area contributed by atoms with Crippen LogP contribution in [-0.4, -0.2) is 11.7 Å². The third kappa shape index (κ3) is 5.48. The first kappa shape index (κ1) is 19.7. The molecule has 1 N–H and O–H groups in total. The molecule has 0 aromatic heterocycles. The van der Waals surface area contributed by atoms with E-state index in [0.29, 0.717) is 18.6 Å². The first-order valence-corrected chi connectivity index (χ1v) is 10.2. The van der Waals surface area contributed by atoms with E-state index >= 15 is 0 Å². The zero-order valence-electron chi connectivity index (χ0n) is 15.5. The van der Waals surface area contributed by atoms with Crippen molar-refractivity contribution in [2.45, 2.75) is 23.7 Å². The number of nitrogens with one attached hydrogen (secondary N) is 1. The lowest BCUT2D eigenvalue weighted by Gasteiger charge is -2.18. The number of nitrogens with zero attached hydrogens (tertiary/aromatic N) is 1. The highest BCUT2D eigenvalue weighted by atomic mass is 32.2. The Labute approximate surface area is 170 Å². The molecule has 4 heteroatoms. The van der Waals surface area contributed by atoms with Crippen LogP contribution >= 0.6 is 11.8 Å². The number of benzene rings is 3. The fourth-order valence-electron chi connectivity index (χ4n) is 3.09. The molecule has 1 amide bonds. The van der Waals surface area contributed by atoms with E-state index in [4.69, 9.17) is 5.26 Å². The molecule has 140 valence electrons. The summed E-state index contributed by atoms with van der Waals surface area (Å²) in [6.07, 6.45) is 0.849. The van der Waals surface area contributed by atoms with Crippen LogP contribution < -0.4 is 5.32 Å². The Morgan fingerprint density at radius 3 is 2.07 bits per heavy atom. The predicted molar refractivity (Wildman–Crippen MR) is 115 cm³/mol. The first-order valence-electron chi connectivity index (χ1n) is 9.26. The van der Waals surface area contributed by atoms with E-state index in [1.165, 1.54) is 0 Å². The quantitative estimate of drug-likeness (QED) is 0.390. The Bertz CT molecular complexity index is 896. The lowest BCUT2D eigenvalue weighted by molar-refractivity contribution is -0.116. The van der Waals surface area contributed by atoms with E-state index in [-0.39, 0.29) is 11.8 Å². The first-order chi connectivity index (χ1) is 13.8. The fraction of sp³-hybridized carbons (Fsp3) is 0.167. The highest BCUT2D eigenvalue weighted by molar-refractivity contribution is 7.99. The maximum atomic E-state index is 12.9. The van der Waals surface area contributed by atoms with Gasteiger partial charge in [0.2, 0.25) is 5.91 Å². The summed E-state index contributed by atoms with van der Waals surface area (Å²) in [4.78, 5) is 13.9.